The van der Waals surface area contributed by atoms with Gasteiger partial charge in [0.1, 0.15) is 47.8 Å². The van der Waals surface area contributed by atoms with Crippen molar-refractivity contribution in [3.63, 3.8) is 0 Å². The zero-order valence-corrected chi connectivity index (χ0v) is 52.4. The van der Waals surface area contributed by atoms with E-state index in [1.165, 1.54) is 19.8 Å². The van der Waals surface area contributed by atoms with Crippen LogP contribution in [0.15, 0.2) is 170 Å². The average molecular weight is 1270 g/mol. The van der Waals surface area contributed by atoms with Gasteiger partial charge in [0.05, 0.1) is 52.7 Å². The molecular formula is C68H75IN10O7. The smallest absolute Gasteiger partial charge is 0.324 e. The first kappa shape index (κ1) is 63.1. The van der Waals surface area contributed by atoms with Gasteiger partial charge in [-0.15, -0.1) is 0 Å². The van der Waals surface area contributed by atoms with E-state index in [0.717, 1.165) is 49.9 Å². The number of ketones is 2. The molecular weight excluding hydrogens is 1200 g/mol. The number of hydrogen-bond donors (Lipinski definition) is 4. The topological polar surface area (TPSA) is 226 Å². The maximum atomic E-state index is 13.3. The van der Waals surface area contributed by atoms with Gasteiger partial charge in [0.25, 0.3) is 0 Å². The number of urea groups is 1. The molecule has 0 aliphatic rings. The number of anilines is 4. The number of amides is 2. The maximum absolute atomic E-state index is 13.3. The number of rotatable bonds is 16. The second-order valence-electron chi connectivity index (χ2n) is 22.3. The van der Waals surface area contributed by atoms with Crippen LogP contribution in [-0.4, -0.2) is 79.5 Å². The zero-order valence-electron chi connectivity index (χ0n) is 51.3. The summed E-state index contributed by atoms with van der Waals surface area (Å²) >= 11 is 1.96. The average Bonchev–Trinajstić information content (AvgIpc) is 3.22. The number of nitrogens with one attached hydrogen (secondary N) is 2. The molecule has 446 valence electrons. The van der Waals surface area contributed by atoms with Gasteiger partial charge in [-0.05, 0) is 79.4 Å². The number of benzene rings is 6. The van der Waals surface area contributed by atoms with E-state index in [-0.39, 0.29) is 48.5 Å². The van der Waals surface area contributed by atoms with Gasteiger partial charge < -0.3 is 35.7 Å². The molecule has 0 radical (unpaired) electrons. The number of fused-ring (bicyclic) bond motifs is 2. The van der Waals surface area contributed by atoms with E-state index in [0.29, 0.717) is 62.3 Å². The summed E-state index contributed by atoms with van der Waals surface area (Å²) in [6.45, 7) is 16.9. The SMILES string of the molecule is COCC(=O)Cc1cc(Oc2ccc(N)c3ccccc23)ccn1.COCC(=O)Cc1cc(Oc2ccc(NC(=O)Nc3cc(C(C)(C)C)nn3-c3ccc(C)cc3)c3ccccc23)ccn1.Cc1ccc(-n2nc(C(C)(C)C)cc2N)cc1.[2H]CI. The highest BCUT2D eigenvalue weighted by molar-refractivity contribution is 14.1. The van der Waals surface area contributed by atoms with Gasteiger partial charge in [-0.25, -0.2) is 14.2 Å². The molecule has 0 saturated heterocycles. The summed E-state index contributed by atoms with van der Waals surface area (Å²) in [7, 11) is 2.98. The molecule has 0 atom stereocenters. The fraction of sp³-hybridized carbons (Fsp3) is 0.250. The number of carbonyl (C=O) groups excluding carboxylic acids is 3. The summed E-state index contributed by atoms with van der Waals surface area (Å²) in [5.41, 5.74) is 20.5. The van der Waals surface area contributed by atoms with E-state index in [4.69, 9.17) is 36.9 Å². The Balaban J connectivity index is 0.000000205. The second-order valence-corrected chi connectivity index (χ2v) is 22.3. The second kappa shape index (κ2) is 29.7. The number of Topliss-reactive ketones (excluding diaryl/α,β-unsaturated/α-hetero) is 2. The van der Waals surface area contributed by atoms with E-state index in [1.54, 1.807) is 52.1 Å². The molecule has 10 rings (SSSR count). The number of alkyl halides is 1. The van der Waals surface area contributed by atoms with Crippen LogP contribution in [0.3, 0.4) is 0 Å². The molecule has 4 heterocycles. The van der Waals surface area contributed by atoms with Gasteiger partial charge >= 0.3 is 6.03 Å². The first-order chi connectivity index (χ1) is 41.6. The van der Waals surface area contributed by atoms with Crippen LogP contribution in [-0.2, 0) is 42.7 Å². The summed E-state index contributed by atoms with van der Waals surface area (Å²) in [5.74, 6) is 3.64. The number of nitrogens with two attached hydrogens (primary N) is 2. The van der Waals surface area contributed by atoms with E-state index in [2.05, 4.69) is 86.3 Å². The van der Waals surface area contributed by atoms with Crippen molar-refractivity contribution in [1.82, 2.24) is 29.5 Å². The Hall–Kier alpha value is -8.98. The molecule has 0 saturated carbocycles. The van der Waals surface area contributed by atoms with E-state index >= 15 is 0 Å². The van der Waals surface area contributed by atoms with Crippen LogP contribution in [0.25, 0.3) is 32.9 Å². The molecule has 0 aliphatic heterocycles. The lowest BCUT2D eigenvalue weighted by Gasteiger charge is -2.14. The van der Waals surface area contributed by atoms with Gasteiger partial charge in [0, 0.05) is 90.3 Å². The number of nitrogen functional groups attached to an aromatic ring is 2. The van der Waals surface area contributed by atoms with Crippen LogP contribution in [0.5, 0.6) is 23.0 Å². The van der Waals surface area contributed by atoms with Crippen molar-refractivity contribution in [2.75, 3.05) is 54.4 Å². The van der Waals surface area contributed by atoms with Gasteiger partial charge in [-0.1, -0.05) is 148 Å². The Morgan fingerprint density at radius 3 is 1.49 bits per heavy atom. The van der Waals surface area contributed by atoms with Crippen LogP contribution < -0.4 is 31.6 Å². The fourth-order valence-corrected chi connectivity index (χ4v) is 8.81. The molecule has 0 fully saturated rings. The Morgan fingerprint density at radius 1 is 0.558 bits per heavy atom. The van der Waals surface area contributed by atoms with Crippen LogP contribution in [0.1, 0.15) is 76.8 Å². The monoisotopic (exact) mass is 1270 g/mol. The minimum atomic E-state index is -0.396. The third-order valence-corrected chi connectivity index (χ3v) is 13.2. The van der Waals surface area contributed by atoms with Crippen molar-refractivity contribution >= 4 is 84.7 Å². The number of hydrogen-bond acceptors (Lipinski definition) is 13. The molecule has 6 N–H and O–H groups in total. The lowest BCUT2D eigenvalue weighted by Crippen LogP contribution is -2.21. The number of halogens is 1. The zero-order chi connectivity index (χ0) is 62.8. The third-order valence-electron chi connectivity index (χ3n) is 13.2. The molecule has 10 aromatic rings. The van der Waals surface area contributed by atoms with Gasteiger partial charge in [-0.2, -0.15) is 10.2 Å². The highest BCUT2D eigenvalue weighted by Gasteiger charge is 2.23. The van der Waals surface area contributed by atoms with E-state index < -0.39 is 6.03 Å². The maximum Gasteiger partial charge on any atom is 0.324 e. The predicted octanol–water partition coefficient (Wildman–Crippen LogP) is 14.7. The molecule has 0 aliphatic carbocycles. The number of aryl methyl sites for hydroxylation is 2. The van der Waals surface area contributed by atoms with Crippen molar-refractivity contribution in [1.29, 1.82) is 0 Å². The van der Waals surface area contributed by atoms with Crippen LogP contribution in [0.4, 0.5) is 27.8 Å². The Bertz CT molecular complexity index is 3950. The lowest BCUT2D eigenvalue weighted by atomic mass is 9.92. The molecule has 2 amide bonds. The van der Waals surface area contributed by atoms with Crippen molar-refractivity contribution in [3.8, 4) is 34.4 Å². The minimum Gasteiger partial charge on any atom is -0.457 e. The van der Waals surface area contributed by atoms with Gasteiger partial charge in [0.2, 0.25) is 0 Å². The summed E-state index contributed by atoms with van der Waals surface area (Å²) in [5, 5.41) is 18.9. The number of pyridine rings is 2. The van der Waals surface area contributed by atoms with Crippen LogP contribution >= 0.6 is 22.6 Å². The largest absolute Gasteiger partial charge is 0.457 e. The highest BCUT2D eigenvalue weighted by Crippen LogP contribution is 2.36. The molecule has 4 aromatic heterocycles. The van der Waals surface area contributed by atoms with Crippen molar-refractivity contribution in [2.45, 2.75) is 79.1 Å². The Morgan fingerprint density at radius 2 is 1.00 bits per heavy atom. The van der Waals surface area contributed by atoms with Gasteiger partial charge in [0.15, 0.2) is 11.6 Å². The Labute approximate surface area is 518 Å². The number of ether oxygens (including phenoxy) is 4. The van der Waals surface area contributed by atoms with Crippen LogP contribution in [0, 0.1) is 13.8 Å². The first-order valence-corrected chi connectivity index (χ1v) is 29.2. The normalized spacial score (nSPS) is 11.2. The standard InChI is InChI=1S/C34H35N5O4.C19H18N2O3.C14H19N3.CH3I/c1-22-10-12-24(13-11-22)39-32(20-31(38-39)34(2,3)4)37-33(41)36-29-14-15-30(28-9-7-6-8-27(28)29)43-26-16-17-35-23(19-26)18-25(40)21-42-5;1-23-12-14(22)10-13-11-15(8-9-21-13)24-19-7-6-18(20)16-4-2-3-5-17(16)19;1-10-5-7-11(8-6-10)17-13(15)9-12(16-17)14(2,3)4;1-2/h6-17,19-20H,18,21H2,1-5H3,(H2,36,37,41);2-9,11H,10,12,20H2,1H3;5-9H,15H2,1-4H3;1H3/i;;;1D. The molecule has 86 heavy (non-hydrogen) atoms. The summed E-state index contributed by atoms with van der Waals surface area (Å²) < 4.78 is 31.7. The third kappa shape index (κ3) is 17.6. The Kier molecular flexibility index (Phi) is 21.8. The molecule has 17 nitrogen and oxygen atoms in total. The molecule has 0 spiro atoms. The predicted molar refractivity (Wildman–Crippen MR) is 353 cm³/mol. The summed E-state index contributed by atoms with van der Waals surface area (Å²) in [6, 6.07) is 49.4. The summed E-state index contributed by atoms with van der Waals surface area (Å²) in [4.78, 5) is 45.9. The quantitative estimate of drug-likeness (QED) is 0.0402. The molecule has 0 bridgehead atoms. The fourth-order valence-electron chi connectivity index (χ4n) is 8.81. The number of methoxy groups -OCH3 is 2. The van der Waals surface area contributed by atoms with E-state index in [1.807, 2.05) is 145 Å². The number of carbonyl (C=O) groups is 3. The van der Waals surface area contributed by atoms with Crippen LogP contribution in [0.2, 0.25) is 0 Å². The van der Waals surface area contributed by atoms with Crippen molar-refractivity contribution < 1.29 is 34.7 Å². The number of nitrogens with zero attached hydrogens (tertiary/aromatic N) is 6. The minimum absolute atomic E-state index is 0.0179. The first-order valence-electron chi connectivity index (χ1n) is 28.4. The highest BCUT2D eigenvalue weighted by atomic mass is 127. The van der Waals surface area contributed by atoms with Crippen molar-refractivity contribution in [2.24, 2.45) is 0 Å². The molecule has 6 aromatic carbocycles. The van der Waals surface area contributed by atoms with Crippen molar-refractivity contribution in [3.05, 3.63) is 204 Å². The number of aromatic nitrogens is 6. The lowest BCUT2D eigenvalue weighted by molar-refractivity contribution is -0.122. The molecule has 0 unspecified atom stereocenters. The molecule has 18 heteroatoms. The summed E-state index contributed by atoms with van der Waals surface area (Å²) in [6.07, 6.45) is 3.61. The van der Waals surface area contributed by atoms with E-state index in [9.17, 15) is 14.4 Å². The van der Waals surface area contributed by atoms with Gasteiger partial charge in [-0.3, -0.25) is 24.9 Å².